The first-order valence-electron chi connectivity index (χ1n) is 6.40. The summed E-state index contributed by atoms with van der Waals surface area (Å²) in [5.41, 5.74) is 1.53. The maximum atomic E-state index is 12.9. The van der Waals surface area contributed by atoms with E-state index < -0.39 is 11.7 Å². The monoisotopic (exact) mass is 288 g/mol. The highest BCUT2D eigenvalue weighted by molar-refractivity contribution is 6.16. The van der Waals surface area contributed by atoms with Gasteiger partial charge in [0.1, 0.15) is 0 Å². The van der Waals surface area contributed by atoms with Crippen molar-refractivity contribution in [3.8, 4) is 0 Å². The molecule has 0 bridgehead atoms. The van der Waals surface area contributed by atoms with E-state index in [4.69, 9.17) is 0 Å². The Balaban J connectivity index is 2.18. The van der Waals surface area contributed by atoms with Crippen molar-refractivity contribution in [1.29, 1.82) is 0 Å². The normalized spacial score (nSPS) is 14.3. The molecule has 0 amide bonds. The summed E-state index contributed by atoms with van der Waals surface area (Å²) in [5.74, 6) is 0. The lowest BCUT2D eigenvalue weighted by atomic mass is 9.98. The van der Waals surface area contributed by atoms with Gasteiger partial charge in [-0.3, -0.25) is 9.98 Å². The van der Waals surface area contributed by atoms with Crippen molar-refractivity contribution in [3.63, 3.8) is 0 Å². The molecule has 0 atom stereocenters. The fourth-order valence-corrected chi connectivity index (χ4v) is 2.21. The molecule has 0 aromatic heterocycles. The van der Waals surface area contributed by atoms with Gasteiger partial charge in [0, 0.05) is 17.3 Å². The highest BCUT2D eigenvalue weighted by Gasteiger charge is 2.31. The SMILES string of the molecule is FC(F)(F)c1ccc2c(c1)C(c1ccccc1)=NCC=N2. The van der Waals surface area contributed by atoms with Crippen LogP contribution in [0.15, 0.2) is 58.5 Å². The third kappa shape index (κ3) is 2.72. The Labute approximate surface area is 119 Å². The Morgan fingerprint density at radius 3 is 2.43 bits per heavy atom. The number of nitrogens with zero attached hydrogens (tertiary/aromatic N) is 2. The molecule has 2 nitrogen and oxygen atoms in total. The number of hydrogen-bond donors (Lipinski definition) is 0. The minimum atomic E-state index is -4.38. The van der Waals surface area contributed by atoms with Crippen LogP contribution < -0.4 is 0 Å². The van der Waals surface area contributed by atoms with Gasteiger partial charge in [-0.2, -0.15) is 13.2 Å². The van der Waals surface area contributed by atoms with E-state index in [0.717, 1.165) is 17.7 Å². The molecule has 3 rings (SSSR count). The molecule has 0 fully saturated rings. The number of benzene rings is 2. The van der Waals surface area contributed by atoms with Crippen molar-refractivity contribution in [1.82, 2.24) is 0 Å². The molecule has 1 aliphatic heterocycles. The van der Waals surface area contributed by atoms with Crippen LogP contribution in [0.4, 0.5) is 18.9 Å². The number of fused-ring (bicyclic) bond motifs is 1. The van der Waals surface area contributed by atoms with Crippen LogP contribution in [0.3, 0.4) is 0 Å². The third-order valence-electron chi connectivity index (χ3n) is 3.19. The van der Waals surface area contributed by atoms with Crippen LogP contribution in [0.1, 0.15) is 16.7 Å². The number of alkyl halides is 3. The van der Waals surface area contributed by atoms with E-state index in [1.807, 2.05) is 30.3 Å². The first kappa shape index (κ1) is 13.5. The average molecular weight is 288 g/mol. The standard InChI is InChI=1S/C16H11F3N2/c17-16(18,19)12-6-7-14-13(10-12)15(21-9-8-20-14)11-4-2-1-3-5-11/h1-8,10H,9H2. The minimum Gasteiger partial charge on any atom is -0.278 e. The topological polar surface area (TPSA) is 24.7 Å². The molecule has 0 N–H and O–H groups in total. The van der Waals surface area contributed by atoms with Crippen LogP contribution >= 0.6 is 0 Å². The van der Waals surface area contributed by atoms with Crippen LogP contribution in [0.25, 0.3) is 0 Å². The molecule has 5 heteroatoms. The van der Waals surface area contributed by atoms with Crippen molar-refractivity contribution < 1.29 is 13.2 Å². The summed E-state index contributed by atoms with van der Waals surface area (Å²) in [4.78, 5) is 8.54. The molecule has 21 heavy (non-hydrogen) atoms. The Morgan fingerprint density at radius 1 is 0.952 bits per heavy atom. The van der Waals surface area contributed by atoms with Crippen LogP contribution in [0.2, 0.25) is 0 Å². The van der Waals surface area contributed by atoms with Gasteiger partial charge in [-0.15, -0.1) is 0 Å². The predicted molar refractivity (Wildman–Crippen MR) is 76.5 cm³/mol. The quantitative estimate of drug-likeness (QED) is 0.749. The maximum absolute atomic E-state index is 12.9. The van der Waals surface area contributed by atoms with Crippen LogP contribution in [0, 0.1) is 0 Å². The van der Waals surface area contributed by atoms with Crippen molar-refractivity contribution in [2.45, 2.75) is 6.18 Å². The second-order valence-corrected chi connectivity index (χ2v) is 4.60. The Bertz CT molecular complexity index is 716. The molecule has 0 spiro atoms. The van der Waals surface area contributed by atoms with Gasteiger partial charge in [0.25, 0.3) is 0 Å². The van der Waals surface area contributed by atoms with E-state index in [1.165, 1.54) is 6.07 Å². The highest BCUT2D eigenvalue weighted by Crippen LogP contribution is 2.34. The van der Waals surface area contributed by atoms with Crippen LogP contribution in [0.5, 0.6) is 0 Å². The molecular weight excluding hydrogens is 277 g/mol. The van der Waals surface area contributed by atoms with Gasteiger partial charge in [-0.1, -0.05) is 30.3 Å². The first-order chi connectivity index (χ1) is 10.1. The number of rotatable bonds is 1. The van der Waals surface area contributed by atoms with Gasteiger partial charge >= 0.3 is 6.18 Å². The van der Waals surface area contributed by atoms with Crippen molar-refractivity contribution in [2.24, 2.45) is 9.98 Å². The third-order valence-corrected chi connectivity index (χ3v) is 3.19. The largest absolute Gasteiger partial charge is 0.416 e. The first-order valence-corrected chi connectivity index (χ1v) is 6.40. The molecule has 0 unspecified atom stereocenters. The zero-order valence-electron chi connectivity index (χ0n) is 10.9. The molecular formula is C16H11F3N2. The molecule has 2 aromatic rings. The summed E-state index contributed by atoms with van der Waals surface area (Å²) in [5, 5.41) is 0. The van der Waals surface area contributed by atoms with E-state index in [2.05, 4.69) is 9.98 Å². The van der Waals surface area contributed by atoms with Gasteiger partial charge in [0.05, 0.1) is 23.5 Å². The van der Waals surface area contributed by atoms with Crippen LogP contribution in [-0.4, -0.2) is 18.5 Å². The molecule has 0 radical (unpaired) electrons. The predicted octanol–water partition coefficient (Wildman–Crippen LogP) is 4.26. The van der Waals surface area contributed by atoms with E-state index in [-0.39, 0.29) is 0 Å². The maximum Gasteiger partial charge on any atom is 0.416 e. The molecule has 106 valence electrons. The second kappa shape index (κ2) is 5.16. The van der Waals surface area contributed by atoms with E-state index in [1.54, 1.807) is 6.21 Å². The molecule has 1 heterocycles. The van der Waals surface area contributed by atoms with E-state index in [0.29, 0.717) is 23.5 Å². The number of halogens is 3. The van der Waals surface area contributed by atoms with Gasteiger partial charge in [-0.25, -0.2) is 0 Å². The van der Waals surface area contributed by atoms with E-state index in [9.17, 15) is 13.2 Å². The Kier molecular flexibility index (Phi) is 3.33. The lowest BCUT2D eigenvalue weighted by molar-refractivity contribution is -0.137. The smallest absolute Gasteiger partial charge is 0.278 e. The number of aliphatic imine (C=N–C) groups is 2. The summed E-state index contributed by atoms with van der Waals surface area (Å²) in [7, 11) is 0. The van der Waals surface area contributed by atoms with Crippen molar-refractivity contribution >= 4 is 17.6 Å². The second-order valence-electron chi connectivity index (χ2n) is 4.60. The summed E-state index contributed by atoms with van der Waals surface area (Å²) in [6, 6.07) is 12.7. The van der Waals surface area contributed by atoms with Gasteiger partial charge in [-0.05, 0) is 18.2 Å². The zero-order chi connectivity index (χ0) is 14.9. The van der Waals surface area contributed by atoms with Crippen LogP contribution in [-0.2, 0) is 6.18 Å². The molecule has 0 saturated carbocycles. The van der Waals surface area contributed by atoms with Gasteiger partial charge in [0.15, 0.2) is 0 Å². The minimum absolute atomic E-state index is 0.347. The summed E-state index contributed by atoms with van der Waals surface area (Å²) >= 11 is 0. The van der Waals surface area contributed by atoms with Crippen molar-refractivity contribution in [2.75, 3.05) is 6.54 Å². The fraction of sp³-hybridized carbons (Fsp3) is 0.125. The van der Waals surface area contributed by atoms with Gasteiger partial charge in [0.2, 0.25) is 0 Å². The van der Waals surface area contributed by atoms with Crippen molar-refractivity contribution in [3.05, 3.63) is 65.2 Å². The lowest BCUT2D eigenvalue weighted by Gasteiger charge is -2.12. The Morgan fingerprint density at radius 2 is 1.71 bits per heavy atom. The summed E-state index contributed by atoms with van der Waals surface area (Å²) in [6.45, 7) is 0.347. The van der Waals surface area contributed by atoms with E-state index >= 15 is 0 Å². The molecule has 0 aliphatic carbocycles. The molecule has 2 aromatic carbocycles. The molecule has 0 saturated heterocycles. The molecule has 1 aliphatic rings. The van der Waals surface area contributed by atoms with Gasteiger partial charge < -0.3 is 0 Å². The fourth-order valence-electron chi connectivity index (χ4n) is 2.21. The zero-order valence-corrected chi connectivity index (χ0v) is 10.9. The Hall–Kier alpha value is -2.43. The summed E-state index contributed by atoms with van der Waals surface area (Å²) < 4.78 is 38.7. The average Bonchev–Trinajstić information content (AvgIpc) is 2.69. The summed E-state index contributed by atoms with van der Waals surface area (Å²) in [6.07, 6.45) is -2.78. The highest BCUT2D eigenvalue weighted by atomic mass is 19.4. The number of hydrogen-bond acceptors (Lipinski definition) is 2. The lowest BCUT2D eigenvalue weighted by Crippen LogP contribution is -2.09.